The van der Waals surface area contributed by atoms with E-state index in [9.17, 15) is 22.8 Å². The Kier molecular flexibility index (Phi) is 4.16. The van der Waals surface area contributed by atoms with Crippen LogP contribution in [-0.2, 0) is 20.6 Å². The topological polar surface area (TPSA) is 37.4 Å². The van der Waals surface area contributed by atoms with Gasteiger partial charge in [0, 0.05) is 5.92 Å². The van der Waals surface area contributed by atoms with Crippen molar-refractivity contribution < 1.29 is 22.8 Å². The van der Waals surface area contributed by atoms with E-state index in [4.69, 9.17) is 23.2 Å². The molecular weight excluding hydrogens is 474 g/mol. The lowest BCUT2D eigenvalue weighted by Crippen LogP contribution is -2.50. The highest BCUT2D eigenvalue weighted by atomic mass is 35.5. The number of alkyl halides is 4. The fourth-order valence-electron chi connectivity index (χ4n) is 5.78. The SMILES string of the molecule is O=C1[C@@H]2[C@@H](C(=O)N1c1cc(C(F)(F)F)ccc1Cl)C1c3ccccc3C2(Cl)c2ccccc21. The van der Waals surface area contributed by atoms with E-state index in [1.807, 2.05) is 48.5 Å². The predicted octanol–water partition coefficient (Wildman–Crippen LogP) is 6.11. The van der Waals surface area contributed by atoms with Crippen LogP contribution in [-0.4, -0.2) is 11.8 Å². The molecule has 0 aromatic heterocycles. The van der Waals surface area contributed by atoms with Crippen LogP contribution in [0.25, 0.3) is 0 Å². The van der Waals surface area contributed by atoms with E-state index in [2.05, 4.69) is 0 Å². The van der Waals surface area contributed by atoms with Crippen molar-refractivity contribution in [2.24, 2.45) is 11.8 Å². The normalized spacial score (nSPS) is 27.4. The molecule has 0 unspecified atom stereocenters. The zero-order valence-electron chi connectivity index (χ0n) is 16.7. The Labute approximate surface area is 196 Å². The molecule has 0 radical (unpaired) electrons. The molecule has 3 aromatic rings. The molecule has 8 heteroatoms. The second-order valence-electron chi connectivity index (χ2n) is 8.54. The van der Waals surface area contributed by atoms with Crippen LogP contribution in [0.2, 0.25) is 5.02 Å². The summed E-state index contributed by atoms with van der Waals surface area (Å²) in [4.78, 5) is 27.0. The second kappa shape index (κ2) is 6.61. The Bertz CT molecular complexity index is 1320. The number of amides is 2. The van der Waals surface area contributed by atoms with Crippen molar-refractivity contribution in [1.82, 2.24) is 0 Å². The maximum absolute atomic E-state index is 13.8. The Balaban J connectivity index is 1.58. The summed E-state index contributed by atoms with van der Waals surface area (Å²) < 4.78 is 40.1. The third-order valence-corrected chi connectivity index (χ3v) is 7.99. The lowest BCUT2D eigenvalue weighted by molar-refractivity contribution is -0.137. The van der Waals surface area contributed by atoms with E-state index < -0.39 is 46.2 Å². The van der Waals surface area contributed by atoms with Crippen molar-refractivity contribution in [2.75, 3.05) is 4.90 Å². The lowest BCUT2D eigenvalue weighted by Gasteiger charge is -2.50. The molecule has 3 aliphatic carbocycles. The number of hydrogen-bond donors (Lipinski definition) is 0. The molecule has 166 valence electrons. The van der Waals surface area contributed by atoms with E-state index in [1.54, 1.807) is 0 Å². The Morgan fingerprint density at radius 2 is 1.42 bits per heavy atom. The third kappa shape index (κ3) is 2.53. The van der Waals surface area contributed by atoms with Crippen LogP contribution in [0.3, 0.4) is 0 Å². The minimum atomic E-state index is -4.66. The monoisotopic (exact) mass is 487 g/mol. The molecule has 0 spiro atoms. The molecule has 2 amide bonds. The van der Waals surface area contributed by atoms with Crippen molar-refractivity contribution in [3.05, 3.63) is 99.6 Å². The van der Waals surface area contributed by atoms with E-state index in [0.29, 0.717) is 0 Å². The van der Waals surface area contributed by atoms with Gasteiger partial charge in [0.05, 0.1) is 28.1 Å². The van der Waals surface area contributed by atoms with Gasteiger partial charge in [0.2, 0.25) is 11.8 Å². The van der Waals surface area contributed by atoms with Gasteiger partial charge in [-0.05, 0) is 40.5 Å². The van der Waals surface area contributed by atoms with E-state index in [-0.39, 0.29) is 10.7 Å². The first-order valence-electron chi connectivity index (χ1n) is 10.3. The zero-order valence-corrected chi connectivity index (χ0v) is 18.2. The van der Waals surface area contributed by atoms with E-state index in [1.165, 1.54) is 0 Å². The molecule has 2 bridgehead atoms. The van der Waals surface area contributed by atoms with Crippen LogP contribution in [0.5, 0.6) is 0 Å². The van der Waals surface area contributed by atoms with Crippen LogP contribution < -0.4 is 4.90 Å². The predicted molar refractivity (Wildman–Crippen MR) is 117 cm³/mol. The summed E-state index contributed by atoms with van der Waals surface area (Å²) in [5.74, 6) is -3.48. The second-order valence-corrected chi connectivity index (χ2v) is 9.55. The lowest BCUT2D eigenvalue weighted by atomic mass is 9.54. The quantitative estimate of drug-likeness (QED) is 0.307. The summed E-state index contributed by atoms with van der Waals surface area (Å²) in [5, 5.41) is -0.116. The first kappa shape index (κ1) is 20.8. The third-order valence-electron chi connectivity index (χ3n) is 7.03. The molecule has 4 aliphatic rings. The molecule has 3 aromatic carbocycles. The molecule has 1 saturated heterocycles. The summed E-state index contributed by atoms with van der Waals surface area (Å²) in [7, 11) is 0. The van der Waals surface area contributed by atoms with Crippen LogP contribution in [0.15, 0.2) is 66.7 Å². The van der Waals surface area contributed by atoms with Crippen LogP contribution in [0.1, 0.15) is 33.7 Å². The van der Waals surface area contributed by atoms with Gasteiger partial charge in [-0.25, -0.2) is 4.90 Å². The van der Waals surface area contributed by atoms with Gasteiger partial charge in [-0.2, -0.15) is 13.2 Å². The van der Waals surface area contributed by atoms with Crippen molar-refractivity contribution in [1.29, 1.82) is 0 Å². The van der Waals surface area contributed by atoms with Crippen LogP contribution in [0, 0.1) is 11.8 Å². The fraction of sp³-hybridized carbons (Fsp3) is 0.200. The van der Waals surface area contributed by atoms with Gasteiger partial charge in [-0.3, -0.25) is 9.59 Å². The maximum Gasteiger partial charge on any atom is 0.416 e. The van der Waals surface area contributed by atoms with Gasteiger partial charge in [0.1, 0.15) is 4.87 Å². The number of carbonyl (C=O) groups excluding carboxylic acids is 2. The molecule has 1 fully saturated rings. The van der Waals surface area contributed by atoms with Crippen molar-refractivity contribution >= 4 is 40.7 Å². The highest BCUT2D eigenvalue weighted by molar-refractivity contribution is 6.38. The number of nitrogens with zero attached hydrogens (tertiary/aromatic N) is 1. The number of hydrogen-bond acceptors (Lipinski definition) is 2. The maximum atomic E-state index is 13.8. The summed E-state index contributed by atoms with van der Waals surface area (Å²) in [6, 6.07) is 17.4. The summed E-state index contributed by atoms with van der Waals surface area (Å²) in [5.41, 5.74) is 1.93. The van der Waals surface area contributed by atoms with Gasteiger partial charge in [0.25, 0.3) is 0 Å². The smallest absolute Gasteiger partial charge is 0.274 e. The highest BCUT2D eigenvalue weighted by Gasteiger charge is 2.68. The minimum Gasteiger partial charge on any atom is -0.274 e. The van der Waals surface area contributed by atoms with Gasteiger partial charge >= 0.3 is 6.18 Å². The Morgan fingerprint density at radius 1 is 0.848 bits per heavy atom. The molecule has 0 saturated carbocycles. The molecule has 0 N–H and O–H groups in total. The first-order chi connectivity index (χ1) is 15.7. The molecule has 7 rings (SSSR count). The minimum absolute atomic E-state index is 0.116. The fourth-order valence-corrected chi connectivity index (χ4v) is 6.55. The molecule has 3 nitrogen and oxygen atoms in total. The number of imide groups is 1. The molecule has 33 heavy (non-hydrogen) atoms. The molecular formula is C25H14Cl2F3NO2. The van der Waals surface area contributed by atoms with E-state index >= 15 is 0 Å². The summed E-state index contributed by atoms with van der Waals surface area (Å²) in [6.45, 7) is 0. The van der Waals surface area contributed by atoms with Crippen LogP contribution >= 0.6 is 23.2 Å². The van der Waals surface area contributed by atoms with Crippen molar-refractivity contribution in [3.8, 4) is 0 Å². The van der Waals surface area contributed by atoms with Crippen LogP contribution in [0.4, 0.5) is 18.9 Å². The average Bonchev–Trinajstić information content (AvgIpc) is 3.05. The van der Waals surface area contributed by atoms with Crippen molar-refractivity contribution in [3.63, 3.8) is 0 Å². The van der Waals surface area contributed by atoms with Gasteiger partial charge in [-0.15, -0.1) is 11.6 Å². The standard InChI is InChI=1S/C25H14Cl2F3NO2/c26-17-10-9-12(25(28,29)30)11-18(17)31-22(32)20-19-13-5-1-3-7-15(13)24(27,21(20)23(31)33)16-8-4-2-6-14(16)19/h1-11,19-21H/t19?,20-,21-,24?/m0/s1. The molecule has 1 heterocycles. The number of carbonyl (C=O) groups is 2. The number of halogens is 5. The summed E-state index contributed by atoms with van der Waals surface area (Å²) in [6.07, 6.45) is -4.66. The van der Waals surface area contributed by atoms with Crippen molar-refractivity contribution in [2.45, 2.75) is 17.0 Å². The Morgan fingerprint density at radius 3 is 2.00 bits per heavy atom. The number of benzene rings is 3. The number of anilines is 1. The van der Waals surface area contributed by atoms with E-state index in [0.717, 1.165) is 45.4 Å². The van der Waals surface area contributed by atoms with Gasteiger partial charge in [0.15, 0.2) is 0 Å². The van der Waals surface area contributed by atoms with Gasteiger partial charge < -0.3 is 0 Å². The largest absolute Gasteiger partial charge is 0.416 e. The first-order valence-corrected chi connectivity index (χ1v) is 11.0. The van der Waals surface area contributed by atoms with Gasteiger partial charge in [-0.1, -0.05) is 60.1 Å². The number of rotatable bonds is 1. The zero-order chi connectivity index (χ0) is 23.3. The highest BCUT2D eigenvalue weighted by Crippen LogP contribution is 2.66. The average molecular weight is 488 g/mol. The Hall–Kier alpha value is -2.83. The molecule has 1 aliphatic heterocycles. The summed E-state index contributed by atoms with van der Waals surface area (Å²) >= 11 is 13.5. The molecule has 2 atom stereocenters.